The van der Waals surface area contributed by atoms with Crippen molar-refractivity contribution in [2.45, 2.75) is 13.0 Å². The molecule has 0 fully saturated rings. The van der Waals surface area contributed by atoms with Crippen molar-refractivity contribution in [2.24, 2.45) is 0 Å². The number of carbonyl (C=O) groups excluding carboxylic acids is 1. The van der Waals surface area contributed by atoms with E-state index in [1.54, 1.807) is 36.7 Å². The number of ether oxygens (including phenoxy) is 1. The zero-order chi connectivity index (χ0) is 14.2. The van der Waals surface area contributed by atoms with Crippen LogP contribution < -0.4 is 10.1 Å². The van der Waals surface area contributed by atoms with E-state index in [0.717, 1.165) is 5.56 Å². The monoisotopic (exact) mass is 267 g/mol. The molecule has 0 aliphatic rings. The molecule has 5 heteroatoms. The van der Waals surface area contributed by atoms with E-state index in [9.17, 15) is 4.79 Å². The third-order valence-corrected chi connectivity index (χ3v) is 2.52. The minimum absolute atomic E-state index is 0.184. The molecule has 1 aromatic heterocycles. The highest BCUT2D eigenvalue weighted by Crippen LogP contribution is 2.24. The topological polar surface area (TPSA) is 75.0 Å². The SMILES string of the molecule is N#CCC(=O)Nc1ccccc1OCc1cccnc1. The molecule has 100 valence electrons. The third-order valence-electron chi connectivity index (χ3n) is 2.52. The van der Waals surface area contributed by atoms with E-state index in [0.29, 0.717) is 18.0 Å². The number of nitrogens with zero attached hydrogens (tertiary/aromatic N) is 2. The Kier molecular flexibility index (Phi) is 4.68. The Morgan fingerprint density at radius 1 is 1.30 bits per heavy atom. The summed E-state index contributed by atoms with van der Waals surface area (Å²) in [6, 6.07) is 12.6. The van der Waals surface area contributed by atoms with E-state index in [1.165, 1.54) is 0 Å². The largest absolute Gasteiger partial charge is 0.487 e. The number of nitriles is 1. The van der Waals surface area contributed by atoms with Gasteiger partial charge in [0.1, 0.15) is 18.8 Å². The quantitative estimate of drug-likeness (QED) is 0.903. The Bertz CT molecular complexity index is 621. The lowest BCUT2D eigenvalue weighted by Crippen LogP contribution is -2.11. The fourth-order valence-electron chi connectivity index (χ4n) is 1.61. The molecule has 0 aliphatic carbocycles. The van der Waals surface area contributed by atoms with Crippen LogP contribution in [0.5, 0.6) is 5.75 Å². The molecule has 1 heterocycles. The zero-order valence-electron chi connectivity index (χ0n) is 10.7. The van der Waals surface area contributed by atoms with E-state index in [1.807, 2.05) is 18.2 Å². The van der Waals surface area contributed by atoms with Crippen molar-refractivity contribution < 1.29 is 9.53 Å². The number of amides is 1. The summed E-state index contributed by atoms with van der Waals surface area (Å²) in [5, 5.41) is 11.1. The van der Waals surface area contributed by atoms with E-state index >= 15 is 0 Å². The molecule has 1 aromatic carbocycles. The number of hydrogen-bond donors (Lipinski definition) is 1. The van der Waals surface area contributed by atoms with E-state index in [4.69, 9.17) is 10.00 Å². The number of anilines is 1. The molecule has 0 aliphatic heterocycles. The van der Waals surface area contributed by atoms with Crippen molar-refractivity contribution in [3.63, 3.8) is 0 Å². The number of rotatable bonds is 5. The Balaban J connectivity index is 2.04. The summed E-state index contributed by atoms with van der Waals surface area (Å²) < 4.78 is 5.66. The highest BCUT2D eigenvalue weighted by atomic mass is 16.5. The van der Waals surface area contributed by atoms with Crippen LogP contribution in [0.2, 0.25) is 0 Å². The average molecular weight is 267 g/mol. The maximum absolute atomic E-state index is 11.4. The maximum Gasteiger partial charge on any atom is 0.238 e. The third kappa shape index (κ3) is 3.82. The molecule has 0 radical (unpaired) electrons. The first kappa shape index (κ1) is 13.6. The summed E-state index contributed by atoms with van der Waals surface area (Å²) in [4.78, 5) is 15.4. The number of carbonyl (C=O) groups is 1. The summed E-state index contributed by atoms with van der Waals surface area (Å²) in [5.41, 5.74) is 1.49. The van der Waals surface area contributed by atoms with Gasteiger partial charge in [0, 0.05) is 18.0 Å². The van der Waals surface area contributed by atoms with Crippen LogP contribution in [0.15, 0.2) is 48.8 Å². The molecule has 2 aromatic rings. The Hall–Kier alpha value is -2.87. The van der Waals surface area contributed by atoms with Gasteiger partial charge in [-0.05, 0) is 18.2 Å². The number of nitrogens with one attached hydrogen (secondary N) is 1. The average Bonchev–Trinajstić information content (AvgIpc) is 2.48. The zero-order valence-corrected chi connectivity index (χ0v) is 10.7. The Morgan fingerprint density at radius 3 is 2.90 bits per heavy atom. The highest BCUT2D eigenvalue weighted by molar-refractivity contribution is 5.93. The number of aromatic nitrogens is 1. The first-order chi connectivity index (χ1) is 9.79. The second-order valence-electron chi connectivity index (χ2n) is 4.03. The van der Waals surface area contributed by atoms with E-state index in [2.05, 4.69) is 10.3 Å². The summed E-state index contributed by atoms with van der Waals surface area (Å²) in [7, 11) is 0. The minimum atomic E-state index is -0.357. The molecule has 5 nitrogen and oxygen atoms in total. The first-order valence-corrected chi connectivity index (χ1v) is 6.07. The van der Waals surface area contributed by atoms with Gasteiger partial charge in [-0.2, -0.15) is 5.26 Å². The smallest absolute Gasteiger partial charge is 0.238 e. The fraction of sp³-hybridized carbons (Fsp3) is 0.133. The van der Waals surface area contributed by atoms with Gasteiger partial charge in [-0.3, -0.25) is 9.78 Å². The standard InChI is InChI=1S/C15H13N3O2/c16-8-7-15(19)18-13-5-1-2-6-14(13)20-11-12-4-3-9-17-10-12/h1-6,9-10H,7,11H2,(H,18,19). The van der Waals surface area contributed by atoms with Gasteiger partial charge in [-0.25, -0.2) is 0 Å². The first-order valence-electron chi connectivity index (χ1n) is 6.07. The van der Waals surface area contributed by atoms with Crippen LogP contribution in [-0.2, 0) is 11.4 Å². The van der Waals surface area contributed by atoms with E-state index < -0.39 is 0 Å². The van der Waals surface area contributed by atoms with Crippen molar-refractivity contribution in [3.05, 3.63) is 54.4 Å². The molecule has 2 rings (SSSR count). The maximum atomic E-state index is 11.4. The predicted molar refractivity (Wildman–Crippen MR) is 73.9 cm³/mol. The number of para-hydroxylation sites is 2. The Labute approximate surface area is 116 Å². The van der Waals surface area contributed by atoms with Crippen molar-refractivity contribution >= 4 is 11.6 Å². The molecule has 0 atom stereocenters. The minimum Gasteiger partial charge on any atom is -0.487 e. The van der Waals surface area contributed by atoms with Gasteiger partial charge in [0.25, 0.3) is 0 Å². The molecule has 1 N–H and O–H groups in total. The lowest BCUT2D eigenvalue weighted by atomic mass is 10.2. The van der Waals surface area contributed by atoms with Gasteiger partial charge in [0.05, 0.1) is 11.8 Å². The molecule has 20 heavy (non-hydrogen) atoms. The van der Waals surface area contributed by atoms with Crippen LogP contribution in [0.1, 0.15) is 12.0 Å². The van der Waals surface area contributed by atoms with Crippen LogP contribution >= 0.6 is 0 Å². The molecule has 0 saturated heterocycles. The van der Waals surface area contributed by atoms with Crippen LogP contribution in [-0.4, -0.2) is 10.9 Å². The lowest BCUT2D eigenvalue weighted by Gasteiger charge is -2.11. The summed E-state index contributed by atoms with van der Waals surface area (Å²) >= 11 is 0. The lowest BCUT2D eigenvalue weighted by molar-refractivity contribution is -0.115. The summed E-state index contributed by atoms with van der Waals surface area (Å²) in [6.07, 6.45) is 3.23. The summed E-state index contributed by atoms with van der Waals surface area (Å²) in [6.45, 7) is 0.360. The van der Waals surface area contributed by atoms with Crippen LogP contribution in [0.25, 0.3) is 0 Å². The van der Waals surface area contributed by atoms with Crippen LogP contribution in [0.4, 0.5) is 5.69 Å². The molecule has 0 spiro atoms. The van der Waals surface area contributed by atoms with Gasteiger partial charge in [0.15, 0.2) is 0 Å². The summed E-state index contributed by atoms with van der Waals surface area (Å²) in [5.74, 6) is 0.201. The van der Waals surface area contributed by atoms with Crippen molar-refractivity contribution in [2.75, 3.05) is 5.32 Å². The molecule has 0 bridgehead atoms. The molecule has 0 unspecified atom stereocenters. The van der Waals surface area contributed by atoms with Gasteiger partial charge >= 0.3 is 0 Å². The van der Waals surface area contributed by atoms with Crippen LogP contribution in [0, 0.1) is 11.3 Å². The van der Waals surface area contributed by atoms with Gasteiger partial charge in [-0.1, -0.05) is 18.2 Å². The van der Waals surface area contributed by atoms with Gasteiger partial charge in [-0.15, -0.1) is 0 Å². The van der Waals surface area contributed by atoms with Gasteiger partial charge in [0.2, 0.25) is 5.91 Å². The highest BCUT2D eigenvalue weighted by Gasteiger charge is 2.07. The van der Waals surface area contributed by atoms with Crippen LogP contribution in [0.3, 0.4) is 0 Å². The fourth-order valence-corrected chi connectivity index (χ4v) is 1.61. The predicted octanol–water partition coefficient (Wildman–Crippen LogP) is 2.51. The number of benzene rings is 1. The Morgan fingerprint density at radius 2 is 2.15 bits per heavy atom. The normalized spacial score (nSPS) is 9.55. The molecule has 0 saturated carbocycles. The van der Waals surface area contributed by atoms with Gasteiger partial charge < -0.3 is 10.1 Å². The number of hydrogen-bond acceptors (Lipinski definition) is 4. The van der Waals surface area contributed by atoms with E-state index in [-0.39, 0.29) is 12.3 Å². The number of pyridine rings is 1. The van der Waals surface area contributed by atoms with Crippen molar-refractivity contribution in [1.82, 2.24) is 4.98 Å². The molecular formula is C15H13N3O2. The van der Waals surface area contributed by atoms with Crippen molar-refractivity contribution in [1.29, 1.82) is 5.26 Å². The second kappa shape index (κ2) is 6.90. The second-order valence-corrected chi connectivity index (χ2v) is 4.03. The molecule has 1 amide bonds. The van der Waals surface area contributed by atoms with Crippen molar-refractivity contribution in [3.8, 4) is 11.8 Å². The molecular weight excluding hydrogens is 254 g/mol.